The molecule has 0 radical (unpaired) electrons. The average Bonchev–Trinajstić information content (AvgIpc) is 3.33. The number of fused-ring (bicyclic) bond motifs is 2. The molecule has 1 aromatic carbocycles. The van der Waals surface area contributed by atoms with Crippen molar-refractivity contribution in [2.24, 2.45) is 5.92 Å². The molecule has 3 aliphatic rings. The lowest BCUT2D eigenvalue weighted by Gasteiger charge is -2.37. The van der Waals surface area contributed by atoms with Crippen LogP contribution in [0.1, 0.15) is 43.4 Å². The Kier molecular flexibility index (Phi) is 4.82. The van der Waals surface area contributed by atoms with E-state index in [2.05, 4.69) is 22.1 Å². The summed E-state index contributed by atoms with van der Waals surface area (Å²) in [4.78, 5) is 35.8. The molecule has 1 spiro atoms. The minimum absolute atomic E-state index is 0.00587. The van der Waals surface area contributed by atoms with Crippen molar-refractivity contribution in [2.45, 2.75) is 37.6 Å². The van der Waals surface area contributed by atoms with E-state index < -0.39 is 5.41 Å². The highest BCUT2D eigenvalue weighted by molar-refractivity contribution is 6.07. The molecule has 6 heteroatoms. The second-order valence-corrected chi connectivity index (χ2v) is 8.65. The second-order valence-electron chi connectivity index (χ2n) is 8.65. The third-order valence-electron chi connectivity index (χ3n) is 7.25. The number of amides is 2. The number of hydrogen-bond acceptors (Lipinski definition) is 4. The van der Waals surface area contributed by atoms with E-state index in [1.165, 1.54) is 0 Å². The molecule has 3 aliphatic heterocycles. The molecule has 1 N–H and O–H groups in total. The number of anilines is 1. The van der Waals surface area contributed by atoms with Gasteiger partial charge in [-0.25, -0.2) is 0 Å². The van der Waals surface area contributed by atoms with Crippen LogP contribution in [0.2, 0.25) is 0 Å². The number of para-hydroxylation sites is 1. The summed E-state index contributed by atoms with van der Waals surface area (Å²) >= 11 is 0. The fraction of sp³-hybridized carbons (Fsp3) is 0.458. The topological polar surface area (TPSA) is 65.5 Å². The smallest absolute Gasteiger partial charge is 0.237 e. The Balaban J connectivity index is 1.54. The Hall–Kier alpha value is -2.73. The molecule has 4 heterocycles. The Bertz CT molecular complexity index is 955. The molecule has 2 saturated heterocycles. The van der Waals surface area contributed by atoms with Crippen LogP contribution in [-0.4, -0.2) is 52.8 Å². The van der Waals surface area contributed by atoms with Gasteiger partial charge in [0.25, 0.3) is 0 Å². The lowest BCUT2D eigenvalue weighted by Crippen LogP contribution is -2.46. The van der Waals surface area contributed by atoms with Gasteiger partial charge in [0.1, 0.15) is 5.41 Å². The van der Waals surface area contributed by atoms with Gasteiger partial charge in [-0.15, -0.1) is 0 Å². The summed E-state index contributed by atoms with van der Waals surface area (Å²) in [6.07, 6.45) is 5.96. The van der Waals surface area contributed by atoms with Crippen LogP contribution in [0.5, 0.6) is 0 Å². The molecule has 5 rings (SSSR count). The molecule has 0 saturated carbocycles. The minimum atomic E-state index is -0.751. The number of hydrogen-bond donors (Lipinski definition) is 1. The summed E-state index contributed by atoms with van der Waals surface area (Å²) in [5.74, 6) is 0.212. The number of benzene rings is 1. The van der Waals surface area contributed by atoms with Crippen LogP contribution in [0.4, 0.5) is 5.69 Å². The molecule has 2 fully saturated rings. The van der Waals surface area contributed by atoms with Crippen molar-refractivity contribution in [1.29, 1.82) is 0 Å². The molecular formula is C24H28N4O2. The van der Waals surface area contributed by atoms with Gasteiger partial charge in [0, 0.05) is 30.5 Å². The van der Waals surface area contributed by atoms with E-state index in [4.69, 9.17) is 0 Å². The molecule has 0 aliphatic carbocycles. The summed E-state index contributed by atoms with van der Waals surface area (Å²) in [6, 6.07) is 11.5. The number of carbonyl (C=O) groups excluding carboxylic acids is 2. The largest absolute Gasteiger partial charge is 0.334 e. The van der Waals surface area contributed by atoms with Gasteiger partial charge in [-0.1, -0.05) is 31.2 Å². The average molecular weight is 405 g/mol. The van der Waals surface area contributed by atoms with E-state index in [9.17, 15) is 9.59 Å². The first-order valence-electron chi connectivity index (χ1n) is 11.0. The summed E-state index contributed by atoms with van der Waals surface area (Å²) in [5.41, 5.74) is 2.04. The van der Waals surface area contributed by atoms with Crippen molar-refractivity contribution in [2.75, 3.05) is 31.5 Å². The zero-order chi connectivity index (χ0) is 20.7. The van der Waals surface area contributed by atoms with Crippen LogP contribution in [0.3, 0.4) is 0 Å². The lowest BCUT2D eigenvalue weighted by molar-refractivity contribution is -0.139. The van der Waals surface area contributed by atoms with E-state index in [0.717, 1.165) is 49.3 Å². The van der Waals surface area contributed by atoms with E-state index >= 15 is 0 Å². The molecule has 30 heavy (non-hydrogen) atoms. The van der Waals surface area contributed by atoms with Crippen molar-refractivity contribution in [3.63, 3.8) is 0 Å². The predicted molar refractivity (Wildman–Crippen MR) is 115 cm³/mol. The Morgan fingerprint density at radius 1 is 1.17 bits per heavy atom. The van der Waals surface area contributed by atoms with Gasteiger partial charge in [0.05, 0.1) is 6.04 Å². The molecule has 2 atom stereocenters. The van der Waals surface area contributed by atoms with Crippen LogP contribution >= 0.6 is 0 Å². The van der Waals surface area contributed by atoms with Gasteiger partial charge in [0.15, 0.2) is 0 Å². The van der Waals surface area contributed by atoms with Gasteiger partial charge < -0.3 is 15.1 Å². The van der Waals surface area contributed by atoms with Gasteiger partial charge in [-0.2, -0.15) is 0 Å². The summed E-state index contributed by atoms with van der Waals surface area (Å²) < 4.78 is 0. The molecular weight excluding hydrogens is 376 g/mol. The van der Waals surface area contributed by atoms with Crippen molar-refractivity contribution in [1.82, 2.24) is 14.8 Å². The number of nitrogens with one attached hydrogen (secondary N) is 1. The Labute approximate surface area is 177 Å². The predicted octanol–water partition coefficient (Wildman–Crippen LogP) is 2.98. The highest BCUT2D eigenvalue weighted by Gasteiger charge is 2.59. The van der Waals surface area contributed by atoms with Crippen molar-refractivity contribution in [3.8, 4) is 0 Å². The van der Waals surface area contributed by atoms with Crippen molar-refractivity contribution >= 4 is 17.5 Å². The van der Waals surface area contributed by atoms with Crippen LogP contribution in [-0.2, 0) is 15.0 Å². The number of piperidine rings is 1. The zero-order valence-electron chi connectivity index (χ0n) is 17.4. The van der Waals surface area contributed by atoms with Crippen LogP contribution in [0, 0.1) is 5.92 Å². The number of nitrogens with zero attached hydrogens (tertiary/aromatic N) is 3. The van der Waals surface area contributed by atoms with E-state index in [1.807, 2.05) is 47.5 Å². The molecule has 0 bridgehead atoms. The van der Waals surface area contributed by atoms with E-state index in [-0.39, 0.29) is 23.8 Å². The first kappa shape index (κ1) is 19.2. The molecule has 2 amide bonds. The highest BCUT2D eigenvalue weighted by atomic mass is 16.2. The molecule has 156 valence electrons. The maximum absolute atomic E-state index is 13.7. The summed E-state index contributed by atoms with van der Waals surface area (Å²) in [5, 5.41) is 3.08. The maximum Gasteiger partial charge on any atom is 0.237 e. The van der Waals surface area contributed by atoms with Crippen LogP contribution < -0.4 is 5.32 Å². The summed E-state index contributed by atoms with van der Waals surface area (Å²) in [7, 11) is 0. The molecule has 6 nitrogen and oxygen atoms in total. The third kappa shape index (κ3) is 2.85. The number of likely N-dealkylation sites (tertiary alicyclic amines) is 2. The normalized spacial score (nSPS) is 26.8. The van der Waals surface area contributed by atoms with Gasteiger partial charge in [-0.05, 0) is 62.2 Å². The van der Waals surface area contributed by atoms with Gasteiger partial charge in [-0.3, -0.25) is 14.6 Å². The number of rotatable bonds is 3. The SMILES string of the molecule is CCN1CCC(C(=O)N2CCC3(C(=O)Nc4ccccc43)C2c2cccnc2)CC1. The van der Waals surface area contributed by atoms with Crippen molar-refractivity contribution < 1.29 is 9.59 Å². The van der Waals surface area contributed by atoms with Crippen molar-refractivity contribution in [3.05, 3.63) is 59.9 Å². The first-order valence-corrected chi connectivity index (χ1v) is 11.0. The van der Waals surface area contributed by atoms with Gasteiger partial charge in [0.2, 0.25) is 11.8 Å². The molecule has 2 unspecified atom stereocenters. The third-order valence-corrected chi connectivity index (χ3v) is 7.25. The molecule has 2 aromatic rings. The van der Waals surface area contributed by atoms with E-state index in [1.54, 1.807) is 6.20 Å². The lowest BCUT2D eigenvalue weighted by atomic mass is 9.72. The number of carbonyl (C=O) groups is 2. The first-order chi connectivity index (χ1) is 14.6. The fourth-order valence-corrected chi connectivity index (χ4v) is 5.66. The second kappa shape index (κ2) is 7.51. The fourth-order valence-electron chi connectivity index (χ4n) is 5.66. The standard InChI is InChI=1S/C24H28N4O2/c1-2-27-13-9-17(10-14-27)22(29)28-15-11-24(21(28)18-6-5-12-25-16-18)19-7-3-4-8-20(19)26-23(24)30/h3-8,12,16-17,21H,2,9-11,13-15H2,1H3,(H,26,30). The number of pyridine rings is 1. The Morgan fingerprint density at radius 3 is 2.70 bits per heavy atom. The Morgan fingerprint density at radius 2 is 1.97 bits per heavy atom. The maximum atomic E-state index is 13.7. The number of aromatic nitrogens is 1. The van der Waals surface area contributed by atoms with Crippen LogP contribution in [0.15, 0.2) is 48.8 Å². The van der Waals surface area contributed by atoms with Crippen LogP contribution in [0.25, 0.3) is 0 Å². The molecule has 1 aromatic heterocycles. The monoisotopic (exact) mass is 404 g/mol. The van der Waals surface area contributed by atoms with Gasteiger partial charge >= 0.3 is 0 Å². The summed E-state index contributed by atoms with van der Waals surface area (Å²) in [6.45, 7) is 5.72. The minimum Gasteiger partial charge on any atom is -0.334 e. The zero-order valence-corrected chi connectivity index (χ0v) is 17.4. The quantitative estimate of drug-likeness (QED) is 0.854. The van der Waals surface area contributed by atoms with E-state index in [0.29, 0.717) is 13.0 Å². The highest BCUT2D eigenvalue weighted by Crippen LogP contribution is 2.55.